The molecule has 116 valence electrons. The van der Waals surface area contributed by atoms with Crippen LogP contribution in [0.15, 0.2) is 24.3 Å². The molecule has 0 radical (unpaired) electrons. The lowest BCUT2D eigenvalue weighted by atomic mass is 10.0. The second kappa shape index (κ2) is 6.44. The number of rotatable bonds is 3. The summed E-state index contributed by atoms with van der Waals surface area (Å²) in [4.78, 5) is 17.3. The second-order valence-corrected chi connectivity index (χ2v) is 6.03. The van der Waals surface area contributed by atoms with Gasteiger partial charge in [0, 0.05) is 23.7 Å². The number of aryl methyl sites for hydroxylation is 2. The van der Waals surface area contributed by atoms with Gasteiger partial charge in [-0.3, -0.25) is 9.78 Å². The third-order valence-electron chi connectivity index (χ3n) is 4.29. The van der Waals surface area contributed by atoms with Crippen LogP contribution in [-0.4, -0.2) is 30.0 Å². The Bertz CT molecular complexity index is 690. The van der Waals surface area contributed by atoms with Gasteiger partial charge in [0.05, 0.1) is 11.1 Å². The fraction of sp³-hybridized carbons (Fsp3) is 0.444. The molecule has 1 aromatic carbocycles. The average molecular weight is 297 g/mol. The molecule has 2 aromatic rings. The number of fused-ring (bicyclic) bond motifs is 1. The average Bonchev–Trinajstić information content (AvgIpc) is 2.54. The first kappa shape index (κ1) is 15.0. The molecule has 2 N–H and O–H groups in total. The summed E-state index contributed by atoms with van der Waals surface area (Å²) in [6.07, 6.45) is 3.11. The van der Waals surface area contributed by atoms with Gasteiger partial charge in [-0.25, -0.2) is 0 Å². The number of carbonyl (C=O) groups excluding carboxylic acids is 1. The Labute approximate surface area is 131 Å². The molecule has 1 amide bonds. The molecule has 1 aliphatic heterocycles. The molecular weight excluding hydrogens is 274 g/mol. The molecule has 1 fully saturated rings. The summed E-state index contributed by atoms with van der Waals surface area (Å²) in [6, 6.07) is 8.31. The van der Waals surface area contributed by atoms with Gasteiger partial charge in [0.15, 0.2) is 0 Å². The zero-order valence-electron chi connectivity index (χ0n) is 13.3. The largest absolute Gasteiger partial charge is 0.348 e. The quantitative estimate of drug-likeness (QED) is 0.915. The van der Waals surface area contributed by atoms with Crippen LogP contribution < -0.4 is 10.6 Å². The minimum Gasteiger partial charge on any atom is -0.348 e. The number of nitrogens with zero attached hydrogens (tertiary/aromatic N) is 1. The van der Waals surface area contributed by atoms with Crippen molar-refractivity contribution >= 4 is 16.8 Å². The Kier molecular flexibility index (Phi) is 4.39. The minimum atomic E-state index is 0.0115. The van der Waals surface area contributed by atoms with E-state index in [-0.39, 0.29) is 11.9 Å². The molecule has 0 spiro atoms. The summed E-state index contributed by atoms with van der Waals surface area (Å²) in [5.74, 6) is 0.0115. The van der Waals surface area contributed by atoms with E-state index >= 15 is 0 Å². The van der Waals surface area contributed by atoms with Crippen molar-refractivity contribution in [1.82, 2.24) is 15.6 Å². The molecule has 0 unspecified atom stereocenters. The topological polar surface area (TPSA) is 54.0 Å². The van der Waals surface area contributed by atoms with Crippen molar-refractivity contribution in [3.05, 3.63) is 41.1 Å². The zero-order valence-corrected chi connectivity index (χ0v) is 13.3. The molecule has 1 aromatic heterocycles. The molecule has 4 nitrogen and oxygen atoms in total. The van der Waals surface area contributed by atoms with E-state index in [0.29, 0.717) is 0 Å². The van der Waals surface area contributed by atoms with Crippen LogP contribution in [0.2, 0.25) is 0 Å². The zero-order chi connectivity index (χ0) is 15.5. The van der Waals surface area contributed by atoms with E-state index in [0.717, 1.165) is 54.5 Å². The maximum atomic E-state index is 12.7. The third-order valence-corrected chi connectivity index (χ3v) is 4.29. The normalized spacial score (nSPS) is 18.4. The number of amides is 1. The molecule has 1 aliphatic rings. The molecule has 0 bridgehead atoms. The summed E-state index contributed by atoms with van der Waals surface area (Å²) < 4.78 is 0. The van der Waals surface area contributed by atoms with E-state index in [1.165, 1.54) is 5.56 Å². The fourth-order valence-corrected chi connectivity index (χ4v) is 3.05. The minimum absolute atomic E-state index is 0.0115. The summed E-state index contributed by atoms with van der Waals surface area (Å²) in [7, 11) is 0. The summed E-state index contributed by atoms with van der Waals surface area (Å²) >= 11 is 0. The molecule has 3 rings (SSSR count). The number of pyridine rings is 1. The number of hydrogen-bond donors (Lipinski definition) is 2. The molecule has 1 saturated heterocycles. The maximum Gasteiger partial charge on any atom is 0.252 e. The predicted molar refractivity (Wildman–Crippen MR) is 89.2 cm³/mol. The second-order valence-electron chi connectivity index (χ2n) is 6.03. The molecule has 0 aliphatic carbocycles. The number of hydrogen-bond acceptors (Lipinski definition) is 3. The summed E-state index contributed by atoms with van der Waals surface area (Å²) in [5.41, 5.74) is 3.74. The van der Waals surface area contributed by atoms with Crippen molar-refractivity contribution in [2.45, 2.75) is 39.2 Å². The Morgan fingerprint density at radius 3 is 3.00 bits per heavy atom. The molecule has 1 atom stereocenters. The van der Waals surface area contributed by atoms with Crippen molar-refractivity contribution in [1.29, 1.82) is 0 Å². The van der Waals surface area contributed by atoms with Crippen molar-refractivity contribution < 1.29 is 4.79 Å². The molecule has 2 heterocycles. The predicted octanol–water partition coefficient (Wildman–Crippen LogP) is 2.59. The molecule has 22 heavy (non-hydrogen) atoms. The van der Waals surface area contributed by atoms with Gasteiger partial charge in [-0.2, -0.15) is 0 Å². The SMILES string of the molecule is CCc1ccc2nc(C)cc(C(=O)N[C@@H]3CCCNC3)c2c1. The van der Waals surface area contributed by atoms with Crippen molar-refractivity contribution in [3.8, 4) is 0 Å². The van der Waals surface area contributed by atoms with Crippen LogP contribution >= 0.6 is 0 Å². The van der Waals surface area contributed by atoms with Crippen LogP contribution in [0.3, 0.4) is 0 Å². The van der Waals surface area contributed by atoms with E-state index < -0.39 is 0 Å². The van der Waals surface area contributed by atoms with Gasteiger partial charge in [-0.05, 0) is 56.5 Å². The highest BCUT2D eigenvalue weighted by Gasteiger charge is 2.18. The lowest BCUT2D eigenvalue weighted by Crippen LogP contribution is -2.45. The number of carbonyl (C=O) groups is 1. The highest BCUT2D eigenvalue weighted by Crippen LogP contribution is 2.21. The highest BCUT2D eigenvalue weighted by atomic mass is 16.1. The van der Waals surface area contributed by atoms with E-state index in [9.17, 15) is 4.79 Å². The Hall–Kier alpha value is -1.94. The lowest BCUT2D eigenvalue weighted by Gasteiger charge is -2.24. The van der Waals surface area contributed by atoms with E-state index in [1.54, 1.807) is 0 Å². The van der Waals surface area contributed by atoms with Crippen molar-refractivity contribution in [2.75, 3.05) is 13.1 Å². The van der Waals surface area contributed by atoms with E-state index in [1.807, 2.05) is 19.1 Å². The van der Waals surface area contributed by atoms with Gasteiger partial charge in [-0.1, -0.05) is 13.0 Å². The fourth-order valence-electron chi connectivity index (χ4n) is 3.05. The van der Waals surface area contributed by atoms with Crippen molar-refractivity contribution in [2.24, 2.45) is 0 Å². The highest BCUT2D eigenvalue weighted by molar-refractivity contribution is 6.06. The Morgan fingerprint density at radius 1 is 1.41 bits per heavy atom. The molecule has 4 heteroatoms. The number of aromatic nitrogens is 1. The van der Waals surface area contributed by atoms with Crippen LogP contribution in [0, 0.1) is 6.92 Å². The molecular formula is C18H23N3O. The first-order valence-electron chi connectivity index (χ1n) is 8.09. The van der Waals surface area contributed by atoms with Gasteiger partial charge >= 0.3 is 0 Å². The number of nitrogens with one attached hydrogen (secondary N) is 2. The van der Waals surface area contributed by atoms with Crippen LogP contribution in [0.5, 0.6) is 0 Å². The molecule has 0 saturated carbocycles. The lowest BCUT2D eigenvalue weighted by molar-refractivity contribution is 0.0932. The summed E-state index contributed by atoms with van der Waals surface area (Å²) in [6.45, 7) is 5.96. The van der Waals surface area contributed by atoms with Crippen LogP contribution in [0.1, 0.15) is 41.4 Å². The van der Waals surface area contributed by atoms with Crippen LogP contribution in [-0.2, 0) is 6.42 Å². The van der Waals surface area contributed by atoms with Gasteiger partial charge < -0.3 is 10.6 Å². The monoisotopic (exact) mass is 297 g/mol. The first-order chi connectivity index (χ1) is 10.7. The standard InChI is InChI=1S/C18H23N3O/c1-3-13-6-7-17-15(10-13)16(9-12(2)20-17)18(22)21-14-5-4-8-19-11-14/h6-7,9-10,14,19H,3-5,8,11H2,1-2H3,(H,21,22)/t14-/m1/s1. The smallest absolute Gasteiger partial charge is 0.252 e. The third kappa shape index (κ3) is 3.12. The number of piperidine rings is 1. The first-order valence-corrected chi connectivity index (χ1v) is 8.09. The van der Waals surface area contributed by atoms with Gasteiger partial charge in [-0.15, -0.1) is 0 Å². The Balaban J connectivity index is 1.95. The maximum absolute atomic E-state index is 12.7. The Morgan fingerprint density at radius 2 is 2.27 bits per heavy atom. The van der Waals surface area contributed by atoms with Gasteiger partial charge in [0.25, 0.3) is 5.91 Å². The van der Waals surface area contributed by atoms with Crippen molar-refractivity contribution in [3.63, 3.8) is 0 Å². The van der Waals surface area contributed by atoms with Gasteiger partial charge in [0.1, 0.15) is 0 Å². The van der Waals surface area contributed by atoms with Gasteiger partial charge in [0.2, 0.25) is 0 Å². The van der Waals surface area contributed by atoms with E-state index in [2.05, 4.69) is 34.7 Å². The number of benzene rings is 1. The van der Waals surface area contributed by atoms with Crippen LogP contribution in [0.4, 0.5) is 0 Å². The van der Waals surface area contributed by atoms with Crippen LogP contribution in [0.25, 0.3) is 10.9 Å². The van der Waals surface area contributed by atoms with E-state index in [4.69, 9.17) is 0 Å². The summed E-state index contributed by atoms with van der Waals surface area (Å²) in [5, 5.41) is 7.44.